The molecule has 0 fully saturated rings. The van der Waals surface area contributed by atoms with E-state index in [-0.39, 0.29) is 21.5 Å². The van der Waals surface area contributed by atoms with Gasteiger partial charge in [-0.25, -0.2) is 4.40 Å². The van der Waals surface area contributed by atoms with E-state index in [2.05, 4.69) is 54.3 Å². The first-order valence-corrected chi connectivity index (χ1v) is 6.75. The number of nitrogens with zero attached hydrogens (tertiary/aromatic N) is 1. The first-order valence-electron chi connectivity index (χ1n) is 5.40. The predicted octanol–water partition coefficient (Wildman–Crippen LogP) is 4.42. The van der Waals surface area contributed by atoms with Gasteiger partial charge >= 0.3 is 0 Å². The topological polar surface area (TPSA) is 12.4 Å². The monoisotopic (exact) mass is 225 g/mol. The summed E-state index contributed by atoms with van der Waals surface area (Å²) in [6, 6.07) is 0. The fraction of sp³-hybridized carbons (Fsp3) is 0.692. The molecule has 0 radical (unpaired) electrons. The number of allylic oxidation sites excluding steroid dienone is 2. The Labute approximate surface area is 96.7 Å². The molecule has 0 bridgehead atoms. The molecule has 2 heteroatoms. The van der Waals surface area contributed by atoms with Crippen LogP contribution >= 0.6 is 10.7 Å². The first kappa shape index (κ1) is 12.7. The highest BCUT2D eigenvalue weighted by Gasteiger charge is 2.35. The van der Waals surface area contributed by atoms with Gasteiger partial charge in [-0.1, -0.05) is 52.2 Å². The minimum absolute atomic E-state index is 0.128. The van der Waals surface area contributed by atoms with Crippen LogP contribution in [0, 0.1) is 10.8 Å². The second-order valence-electron chi connectivity index (χ2n) is 6.24. The van der Waals surface area contributed by atoms with E-state index >= 15 is 0 Å². The molecule has 0 saturated carbocycles. The van der Waals surface area contributed by atoms with Crippen LogP contribution in [0.2, 0.25) is 0 Å². The second kappa shape index (κ2) is 3.58. The van der Waals surface area contributed by atoms with Crippen molar-refractivity contribution in [2.75, 3.05) is 0 Å². The van der Waals surface area contributed by atoms with Crippen molar-refractivity contribution in [3.05, 3.63) is 10.5 Å². The molecule has 1 rings (SSSR count). The van der Waals surface area contributed by atoms with E-state index in [0.29, 0.717) is 0 Å². The summed E-state index contributed by atoms with van der Waals surface area (Å²) in [5.74, 6) is 4.13. The maximum Gasteiger partial charge on any atom is 0.0583 e. The lowest BCUT2D eigenvalue weighted by atomic mass is 9.75. The van der Waals surface area contributed by atoms with Crippen LogP contribution in [0.3, 0.4) is 0 Å². The fourth-order valence-corrected chi connectivity index (χ4v) is 3.27. The Morgan fingerprint density at radius 3 is 1.73 bits per heavy atom. The van der Waals surface area contributed by atoms with Gasteiger partial charge < -0.3 is 0 Å². The Morgan fingerprint density at radius 2 is 1.47 bits per heavy atom. The molecule has 1 aliphatic heterocycles. The van der Waals surface area contributed by atoms with Crippen molar-refractivity contribution in [2.45, 2.75) is 48.5 Å². The Kier molecular flexibility index (Phi) is 3.03. The molecule has 0 spiro atoms. The molecule has 1 heterocycles. The lowest BCUT2D eigenvalue weighted by Gasteiger charge is -2.29. The van der Waals surface area contributed by atoms with Crippen molar-refractivity contribution in [2.24, 2.45) is 15.2 Å². The van der Waals surface area contributed by atoms with Gasteiger partial charge in [0.2, 0.25) is 0 Å². The maximum absolute atomic E-state index is 4.75. The molecule has 0 N–H and O–H groups in total. The highest BCUT2D eigenvalue weighted by Crippen LogP contribution is 2.46. The average molecular weight is 225 g/mol. The van der Waals surface area contributed by atoms with E-state index in [1.807, 2.05) is 0 Å². The first-order chi connectivity index (χ1) is 6.55. The molecular weight excluding hydrogens is 202 g/mol. The summed E-state index contributed by atoms with van der Waals surface area (Å²) in [6.45, 7) is 15.6. The SMILES string of the molecule is C=S1N=C(C(C)(C)C)C(C(C)(C)C)=C1C. The van der Waals surface area contributed by atoms with Gasteiger partial charge in [0.25, 0.3) is 0 Å². The van der Waals surface area contributed by atoms with Crippen LogP contribution in [0.1, 0.15) is 48.5 Å². The number of hydrogen-bond donors (Lipinski definition) is 0. The molecule has 15 heavy (non-hydrogen) atoms. The molecular formula is C13H23NS. The highest BCUT2D eigenvalue weighted by atomic mass is 32.2. The van der Waals surface area contributed by atoms with Crippen LogP contribution < -0.4 is 0 Å². The lowest BCUT2D eigenvalue weighted by molar-refractivity contribution is 0.501. The summed E-state index contributed by atoms with van der Waals surface area (Å²) in [6.07, 6.45) is 0. The minimum atomic E-state index is -0.153. The van der Waals surface area contributed by atoms with E-state index in [4.69, 9.17) is 4.40 Å². The summed E-state index contributed by atoms with van der Waals surface area (Å²) < 4.78 is 4.75. The third-order valence-corrected chi connectivity index (χ3v) is 3.92. The van der Waals surface area contributed by atoms with Crippen LogP contribution in [-0.4, -0.2) is 11.6 Å². The largest absolute Gasteiger partial charge is 0.224 e. The van der Waals surface area contributed by atoms with Crippen molar-refractivity contribution in [3.8, 4) is 0 Å². The fourth-order valence-electron chi connectivity index (χ4n) is 1.90. The van der Waals surface area contributed by atoms with E-state index < -0.39 is 0 Å². The maximum atomic E-state index is 4.75. The van der Waals surface area contributed by atoms with Crippen molar-refractivity contribution < 1.29 is 0 Å². The molecule has 0 aliphatic carbocycles. The molecule has 1 aliphatic rings. The van der Waals surface area contributed by atoms with Crippen molar-refractivity contribution in [3.63, 3.8) is 0 Å². The number of rotatable bonds is 0. The van der Waals surface area contributed by atoms with Crippen molar-refractivity contribution >= 4 is 22.3 Å². The number of hydrogen-bond acceptors (Lipinski definition) is 1. The Bertz CT molecular complexity index is 359. The van der Waals surface area contributed by atoms with Crippen molar-refractivity contribution in [1.82, 2.24) is 0 Å². The van der Waals surface area contributed by atoms with Gasteiger partial charge in [-0.15, -0.1) is 0 Å². The standard InChI is InChI=1S/C13H23NS/c1-9-10(12(2,3)4)11(13(5,6)7)14-15(9)8/h8H2,1-7H3. The summed E-state index contributed by atoms with van der Waals surface area (Å²) in [5.41, 5.74) is 2.98. The normalized spacial score (nSPS) is 23.4. The third-order valence-electron chi connectivity index (χ3n) is 2.60. The van der Waals surface area contributed by atoms with E-state index in [0.717, 1.165) is 0 Å². The van der Waals surface area contributed by atoms with E-state index in [1.54, 1.807) is 0 Å². The smallest absolute Gasteiger partial charge is 0.0583 e. The van der Waals surface area contributed by atoms with E-state index in [1.165, 1.54) is 16.2 Å². The summed E-state index contributed by atoms with van der Waals surface area (Å²) >= 11 is 0. The molecule has 0 aromatic heterocycles. The molecule has 0 aromatic carbocycles. The van der Waals surface area contributed by atoms with Crippen LogP contribution in [0.5, 0.6) is 0 Å². The van der Waals surface area contributed by atoms with Gasteiger partial charge in [-0.3, -0.25) is 0 Å². The zero-order chi connectivity index (χ0) is 12.0. The Balaban J connectivity index is 3.34. The summed E-state index contributed by atoms with van der Waals surface area (Å²) in [4.78, 5) is 1.37. The van der Waals surface area contributed by atoms with Gasteiger partial charge in [0.1, 0.15) is 0 Å². The Hall–Kier alpha value is -0.370. The molecule has 0 amide bonds. The summed E-state index contributed by atoms with van der Waals surface area (Å²) in [5, 5.41) is 0. The Morgan fingerprint density at radius 1 is 1.00 bits per heavy atom. The molecule has 1 nitrogen and oxygen atoms in total. The van der Waals surface area contributed by atoms with Gasteiger partial charge in [-0.2, -0.15) is 0 Å². The van der Waals surface area contributed by atoms with Crippen LogP contribution in [0.15, 0.2) is 14.9 Å². The zero-order valence-corrected chi connectivity index (χ0v) is 11.9. The third kappa shape index (κ3) is 2.41. The molecule has 1 atom stereocenters. The molecule has 86 valence electrons. The summed E-state index contributed by atoms with van der Waals surface area (Å²) in [7, 11) is -0.153. The van der Waals surface area contributed by atoms with Crippen LogP contribution in [-0.2, 0) is 0 Å². The van der Waals surface area contributed by atoms with Gasteiger partial charge in [0, 0.05) is 10.3 Å². The minimum Gasteiger partial charge on any atom is -0.224 e. The van der Waals surface area contributed by atoms with Crippen LogP contribution in [0.4, 0.5) is 0 Å². The zero-order valence-electron chi connectivity index (χ0n) is 11.1. The van der Waals surface area contributed by atoms with E-state index in [9.17, 15) is 0 Å². The highest BCUT2D eigenvalue weighted by molar-refractivity contribution is 8.16. The van der Waals surface area contributed by atoms with Gasteiger partial charge in [0.15, 0.2) is 0 Å². The lowest BCUT2D eigenvalue weighted by Crippen LogP contribution is -2.27. The molecule has 1 unspecified atom stereocenters. The van der Waals surface area contributed by atoms with Crippen LogP contribution in [0.25, 0.3) is 0 Å². The quantitative estimate of drug-likeness (QED) is 0.541. The average Bonchev–Trinajstić information content (AvgIpc) is 2.25. The predicted molar refractivity (Wildman–Crippen MR) is 73.8 cm³/mol. The van der Waals surface area contributed by atoms with Crippen molar-refractivity contribution in [1.29, 1.82) is 0 Å². The van der Waals surface area contributed by atoms with Gasteiger partial charge in [0.05, 0.1) is 5.71 Å². The molecule has 0 aromatic rings. The second-order valence-corrected chi connectivity index (χ2v) is 7.76. The van der Waals surface area contributed by atoms with Gasteiger partial charge in [-0.05, 0) is 23.8 Å². The molecule has 0 saturated heterocycles.